The molecule has 0 bridgehead atoms. The number of rotatable bonds is 2. The van der Waals surface area contributed by atoms with Crippen LogP contribution in [-0.2, 0) is 0 Å². The van der Waals surface area contributed by atoms with Crippen LogP contribution in [0.3, 0.4) is 0 Å². The highest BCUT2D eigenvalue weighted by Crippen LogP contribution is 2.45. The van der Waals surface area contributed by atoms with Crippen LogP contribution in [0.5, 0.6) is 0 Å². The van der Waals surface area contributed by atoms with Crippen LogP contribution in [0.4, 0.5) is 0 Å². The lowest BCUT2D eigenvalue weighted by Gasteiger charge is -2.19. The molecule has 0 aromatic heterocycles. The van der Waals surface area contributed by atoms with Crippen LogP contribution in [0.2, 0.25) is 0 Å². The summed E-state index contributed by atoms with van der Waals surface area (Å²) in [6, 6.07) is 67.8. The summed E-state index contributed by atoms with van der Waals surface area (Å²) in [4.78, 5) is 0. The number of benzene rings is 11. The largest absolute Gasteiger partial charge is 0.0616 e. The Morgan fingerprint density at radius 3 is 0.880 bits per heavy atom. The molecular weight excluding hydrogens is 601 g/mol. The summed E-state index contributed by atoms with van der Waals surface area (Å²) in [5, 5.41) is 20.4. The van der Waals surface area contributed by atoms with Crippen LogP contribution in [-0.4, -0.2) is 0 Å². The Hall–Kier alpha value is -6.50. The molecule has 11 aromatic rings. The molecule has 0 amide bonds. The van der Waals surface area contributed by atoms with Crippen molar-refractivity contribution in [1.29, 1.82) is 0 Å². The smallest absolute Gasteiger partial charge is 0.00261 e. The molecule has 0 unspecified atom stereocenters. The Bertz CT molecular complexity index is 2930. The molecule has 0 aliphatic heterocycles. The molecule has 50 heavy (non-hydrogen) atoms. The van der Waals surface area contributed by atoms with Gasteiger partial charge in [0, 0.05) is 0 Å². The van der Waals surface area contributed by atoms with E-state index in [1.165, 1.54) is 108 Å². The molecular formula is C50H30. The molecule has 11 rings (SSSR count). The van der Waals surface area contributed by atoms with Crippen molar-refractivity contribution >= 4 is 86.2 Å². The van der Waals surface area contributed by atoms with Gasteiger partial charge < -0.3 is 0 Å². The highest BCUT2D eigenvalue weighted by Gasteiger charge is 2.18. The minimum absolute atomic E-state index is 1.24. The summed E-state index contributed by atoms with van der Waals surface area (Å²) in [6.45, 7) is 0. The third-order valence-corrected chi connectivity index (χ3v) is 10.9. The van der Waals surface area contributed by atoms with Crippen molar-refractivity contribution in [3.63, 3.8) is 0 Å². The number of hydrogen-bond acceptors (Lipinski definition) is 0. The first-order chi connectivity index (χ1) is 24.8. The zero-order chi connectivity index (χ0) is 32.8. The third-order valence-electron chi connectivity index (χ3n) is 10.9. The van der Waals surface area contributed by atoms with Gasteiger partial charge >= 0.3 is 0 Å². The van der Waals surface area contributed by atoms with Crippen molar-refractivity contribution in [3.05, 3.63) is 182 Å². The monoisotopic (exact) mass is 630 g/mol. The Kier molecular flexibility index (Phi) is 5.76. The molecule has 11 aromatic carbocycles. The maximum Gasteiger partial charge on any atom is -0.00261 e. The van der Waals surface area contributed by atoms with Gasteiger partial charge in [0.2, 0.25) is 0 Å². The highest BCUT2D eigenvalue weighted by molar-refractivity contribution is 6.23. The van der Waals surface area contributed by atoms with Gasteiger partial charge in [-0.25, -0.2) is 0 Å². The second kappa shape index (κ2) is 10.5. The minimum atomic E-state index is 1.24. The van der Waals surface area contributed by atoms with Crippen LogP contribution < -0.4 is 0 Å². The first kappa shape index (κ1) is 27.5. The van der Waals surface area contributed by atoms with Gasteiger partial charge in [0.25, 0.3) is 0 Å². The first-order valence-electron chi connectivity index (χ1n) is 17.4. The van der Waals surface area contributed by atoms with Gasteiger partial charge in [-0.3, -0.25) is 0 Å². The molecule has 0 saturated heterocycles. The van der Waals surface area contributed by atoms with E-state index >= 15 is 0 Å². The average molecular weight is 631 g/mol. The zero-order valence-electron chi connectivity index (χ0n) is 27.3. The maximum atomic E-state index is 2.42. The lowest BCUT2D eigenvalue weighted by Crippen LogP contribution is -1.91. The summed E-state index contributed by atoms with van der Waals surface area (Å²) >= 11 is 0. The quantitative estimate of drug-likeness (QED) is 0.132. The molecule has 0 N–H and O–H groups in total. The van der Waals surface area contributed by atoms with Crippen LogP contribution in [0.25, 0.3) is 108 Å². The van der Waals surface area contributed by atoms with Crippen molar-refractivity contribution < 1.29 is 0 Å². The van der Waals surface area contributed by atoms with E-state index in [0.29, 0.717) is 0 Å². The zero-order valence-corrected chi connectivity index (χ0v) is 27.3. The molecule has 0 saturated carbocycles. The van der Waals surface area contributed by atoms with Crippen molar-refractivity contribution in [2.75, 3.05) is 0 Å². The standard InChI is InChI=1S/C50H30/c1-3-11-35-27-47-37(25-33(35)9-1)21-17-31-19-23-39(29-45(31)47)49-41-13-5-7-15-43(41)50(44-16-8-6-14-42(44)49)40-24-20-32-18-22-38-26-34-10-2-4-12-36(34)28-48(38)46(32)30-40/h1-30H. The molecule has 0 aliphatic carbocycles. The summed E-state index contributed by atoms with van der Waals surface area (Å²) in [6.07, 6.45) is 0. The molecule has 0 heterocycles. The molecule has 0 fully saturated rings. The lowest BCUT2D eigenvalue weighted by atomic mass is 9.84. The van der Waals surface area contributed by atoms with E-state index in [1.54, 1.807) is 0 Å². The Labute approximate surface area is 289 Å². The molecule has 0 aliphatic rings. The second-order valence-electron chi connectivity index (χ2n) is 13.7. The maximum absolute atomic E-state index is 2.42. The second-order valence-corrected chi connectivity index (χ2v) is 13.7. The number of fused-ring (bicyclic) bond motifs is 10. The van der Waals surface area contributed by atoms with Crippen LogP contribution >= 0.6 is 0 Å². The molecule has 0 spiro atoms. The van der Waals surface area contributed by atoms with E-state index in [1.807, 2.05) is 0 Å². The van der Waals surface area contributed by atoms with Gasteiger partial charge in [-0.2, -0.15) is 0 Å². The summed E-state index contributed by atoms with van der Waals surface area (Å²) in [7, 11) is 0. The van der Waals surface area contributed by atoms with E-state index in [4.69, 9.17) is 0 Å². The van der Waals surface area contributed by atoms with E-state index in [9.17, 15) is 0 Å². The third kappa shape index (κ3) is 4.06. The van der Waals surface area contributed by atoms with E-state index in [2.05, 4.69) is 182 Å². The van der Waals surface area contributed by atoms with Gasteiger partial charge in [0.1, 0.15) is 0 Å². The van der Waals surface area contributed by atoms with E-state index in [0.717, 1.165) is 0 Å². The van der Waals surface area contributed by atoms with Crippen molar-refractivity contribution in [1.82, 2.24) is 0 Å². The SMILES string of the molecule is c1ccc2cc3c(ccc4ccc(-c5c6ccccc6c(-c6ccc7ccc8cc9ccccc9cc8c7c6)c6ccccc56)cc43)cc2c1. The Morgan fingerprint density at radius 1 is 0.180 bits per heavy atom. The van der Waals surface area contributed by atoms with Gasteiger partial charge in [-0.15, -0.1) is 0 Å². The molecule has 230 valence electrons. The van der Waals surface area contributed by atoms with Gasteiger partial charge in [-0.05, 0) is 145 Å². The summed E-state index contributed by atoms with van der Waals surface area (Å²) in [5.74, 6) is 0. The Morgan fingerprint density at radius 2 is 0.480 bits per heavy atom. The summed E-state index contributed by atoms with van der Waals surface area (Å²) < 4.78 is 0. The Balaban J connectivity index is 1.19. The lowest BCUT2D eigenvalue weighted by molar-refractivity contribution is 1.69. The van der Waals surface area contributed by atoms with Crippen molar-refractivity contribution in [2.24, 2.45) is 0 Å². The molecule has 0 nitrogen and oxygen atoms in total. The normalized spacial score (nSPS) is 12.0. The molecule has 0 radical (unpaired) electrons. The fourth-order valence-corrected chi connectivity index (χ4v) is 8.55. The predicted molar refractivity (Wildman–Crippen MR) is 217 cm³/mol. The topological polar surface area (TPSA) is 0 Å². The minimum Gasteiger partial charge on any atom is -0.0616 e. The number of hydrogen-bond donors (Lipinski definition) is 0. The van der Waals surface area contributed by atoms with E-state index < -0.39 is 0 Å². The average Bonchev–Trinajstić information content (AvgIpc) is 3.18. The van der Waals surface area contributed by atoms with Crippen LogP contribution in [0.1, 0.15) is 0 Å². The van der Waals surface area contributed by atoms with Gasteiger partial charge in [0.05, 0.1) is 0 Å². The predicted octanol–water partition coefficient (Wildman–Crippen LogP) is 14.2. The highest BCUT2D eigenvalue weighted by atomic mass is 14.2. The van der Waals surface area contributed by atoms with Gasteiger partial charge in [-0.1, -0.05) is 146 Å². The molecule has 0 heteroatoms. The van der Waals surface area contributed by atoms with Crippen LogP contribution in [0, 0.1) is 0 Å². The van der Waals surface area contributed by atoms with E-state index in [-0.39, 0.29) is 0 Å². The van der Waals surface area contributed by atoms with Crippen LogP contribution in [0.15, 0.2) is 182 Å². The molecule has 0 atom stereocenters. The fraction of sp³-hybridized carbons (Fsp3) is 0. The van der Waals surface area contributed by atoms with Crippen molar-refractivity contribution in [3.8, 4) is 22.3 Å². The van der Waals surface area contributed by atoms with Gasteiger partial charge in [0.15, 0.2) is 0 Å². The fourth-order valence-electron chi connectivity index (χ4n) is 8.55. The first-order valence-corrected chi connectivity index (χ1v) is 17.4. The summed E-state index contributed by atoms with van der Waals surface area (Å²) in [5.41, 5.74) is 5.07. The van der Waals surface area contributed by atoms with Crippen molar-refractivity contribution in [2.45, 2.75) is 0 Å².